The second-order valence-electron chi connectivity index (χ2n) is 20.9. The van der Waals surface area contributed by atoms with Crippen LogP contribution in [0, 0.1) is 51.2 Å². The first-order valence-electron chi connectivity index (χ1n) is 21.7. The smallest absolute Gasteiger partial charge is 0.335 e. The van der Waals surface area contributed by atoms with Crippen LogP contribution < -0.4 is 5.32 Å². The third-order valence-corrected chi connectivity index (χ3v) is 18.2. The molecule has 8 nitrogen and oxygen atoms in total. The number of allylic oxidation sites excluding steroid dienone is 3. The van der Waals surface area contributed by atoms with Gasteiger partial charge in [-0.25, -0.2) is 9.59 Å². The monoisotopic (exact) mass is 755 g/mol. The third-order valence-electron chi connectivity index (χ3n) is 18.2. The number of hydrogen-bond acceptors (Lipinski definition) is 5. The van der Waals surface area contributed by atoms with Crippen molar-refractivity contribution in [1.82, 2.24) is 20.0 Å². The van der Waals surface area contributed by atoms with Gasteiger partial charge in [-0.05, 0) is 153 Å². The molecule has 302 valence electrons. The number of rotatable bonds is 6. The summed E-state index contributed by atoms with van der Waals surface area (Å²) in [6, 6.07) is 8.54. The number of carbonyl (C=O) groups is 2. The highest BCUT2D eigenvalue weighted by atomic mass is 16.5. The summed E-state index contributed by atoms with van der Waals surface area (Å²) in [5.41, 5.74) is 4.64. The number of hydrogen-bond donors (Lipinski definition) is 2. The van der Waals surface area contributed by atoms with E-state index in [9.17, 15) is 14.7 Å². The zero-order chi connectivity index (χ0) is 39.3. The van der Waals surface area contributed by atoms with E-state index in [1.807, 2.05) is 12.1 Å². The molecule has 0 radical (unpaired) electrons. The fraction of sp³-hybridized carbons (Fsp3) is 0.745. The average Bonchev–Trinajstić information content (AvgIpc) is 3.78. The Balaban J connectivity index is 1.03. The van der Waals surface area contributed by atoms with Gasteiger partial charge >= 0.3 is 12.0 Å². The molecule has 8 rings (SSSR count). The van der Waals surface area contributed by atoms with Crippen LogP contribution in [0.1, 0.15) is 115 Å². The number of carbonyl (C=O) groups excluding carboxylic acids is 1. The van der Waals surface area contributed by atoms with Crippen molar-refractivity contribution in [3.05, 3.63) is 53.6 Å². The molecular weight excluding hydrogens is 685 g/mol. The Kier molecular flexibility index (Phi) is 9.77. The summed E-state index contributed by atoms with van der Waals surface area (Å²) in [5.74, 6) is 1.76. The van der Waals surface area contributed by atoms with Gasteiger partial charge in [0.25, 0.3) is 0 Å². The summed E-state index contributed by atoms with van der Waals surface area (Å²) in [5, 5.41) is 13.4. The molecule has 7 aliphatic rings. The van der Waals surface area contributed by atoms with Crippen LogP contribution in [0.15, 0.2) is 42.5 Å². The van der Waals surface area contributed by atoms with E-state index in [1.54, 1.807) is 12.1 Å². The van der Waals surface area contributed by atoms with Crippen LogP contribution in [0.4, 0.5) is 4.79 Å². The first kappa shape index (κ1) is 39.2. The second kappa shape index (κ2) is 13.7. The minimum absolute atomic E-state index is 0.0102. The molecule has 6 fully saturated rings. The Labute approximate surface area is 331 Å². The van der Waals surface area contributed by atoms with Gasteiger partial charge in [0.05, 0.1) is 30.9 Å². The number of urea groups is 1. The maximum atomic E-state index is 14.4. The SMILES string of the molecule is C=C(C)C1CCC2(NC(=O)N3CCN(C4COCC4N(C)C)CC3)CCC3(C)C(CCC4C5(C)CC=C(c6ccc(C(=O)O)cc6)C(C)(C)C5CCC43C)C12. The zero-order valence-corrected chi connectivity index (χ0v) is 35.3. The van der Waals surface area contributed by atoms with Crippen molar-refractivity contribution in [2.45, 2.75) is 117 Å². The van der Waals surface area contributed by atoms with Gasteiger partial charge in [-0.1, -0.05) is 65.0 Å². The summed E-state index contributed by atoms with van der Waals surface area (Å²) in [4.78, 5) is 32.9. The molecule has 0 spiro atoms. The number of carboxylic acids is 1. The number of fused-ring (bicyclic) bond motifs is 7. The quantitative estimate of drug-likeness (QED) is 0.284. The fourth-order valence-electron chi connectivity index (χ4n) is 15.2. The van der Waals surface area contributed by atoms with Crippen molar-refractivity contribution in [3.8, 4) is 0 Å². The van der Waals surface area contributed by atoms with Crippen molar-refractivity contribution in [2.75, 3.05) is 53.5 Å². The third kappa shape index (κ3) is 5.91. The molecule has 2 saturated heterocycles. The molecule has 0 aromatic heterocycles. The van der Waals surface area contributed by atoms with Crippen LogP contribution in [0.2, 0.25) is 0 Å². The first-order valence-corrected chi connectivity index (χ1v) is 21.7. The van der Waals surface area contributed by atoms with E-state index in [0.29, 0.717) is 47.2 Å². The van der Waals surface area contributed by atoms with Gasteiger partial charge in [-0.3, -0.25) is 4.90 Å². The largest absolute Gasteiger partial charge is 0.478 e. The number of nitrogens with one attached hydrogen (secondary N) is 1. The van der Waals surface area contributed by atoms with Gasteiger partial charge in [0.15, 0.2) is 0 Å². The number of likely N-dealkylation sites (N-methyl/N-ethyl adjacent to an activating group) is 1. The van der Waals surface area contributed by atoms with Crippen molar-refractivity contribution in [3.63, 3.8) is 0 Å². The summed E-state index contributed by atoms with van der Waals surface area (Å²) in [6.45, 7) is 24.7. The Morgan fingerprint density at radius 1 is 0.873 bits per heavy atom. The molecule has 5 aliphatic carbocycles. The number of aromatic carboxylic acids is 1. The van der Waals surface area contributed by atoms with Crippen LogP contribution in [-0.2, 0) is 4.74 Å². The molecule has 2 amide bonds. The van der Waals surface area contributed by atoms with E-state index >= 15 is 0 Å². The van der Waals surface area contributed by atoms with Crippen LogP contribution in [0.3, 0.4) is 0 Å². The number of nitrogens with zero attached hydrogens (tertiary/aromatic N) is 3. The van der Waals surface area contributed by atoms with Gasteiger partial charge in [-0.15, -0.1) is 0 Å². The maximum absolute atomic E-state index is 14.4. The lowest BCUT2D eigenvalue weighted by atomic mass is 9.33. The average molecular weight is 755 g/mol. The molecule has 0 bridgehead atoms. The van der Waals surface area contributed by atoms with E-state index in [0.717, 1.165) is 65.1 Å². The topological polar surface area (TPSA) is 85.4 Å². The lowest BCUT2D eigenvalue weighted by Gasteiger charge is -2.72. The second-order valence-corrected chi connectivity index (χ2v) is 20.9. The first-order chi connectivity index (χ1) is 26.0. The van der Waals surface area contributed by atoms with Crippen LogP contribution in [0.5, 0.6) is 0 Å². The molecule has 4 saturated carbocycles. The molecule has 1 aromatic rings. The Bertz CT molecular complexity index is 1710. The highest BCUT2D eigenvalue weighted by Crippen LogP contribution is 2.76. The minimum Gasteiger partial charge on any atom is -0.478 e. The van der Waals surface area contributed by atoms with E-state index in [-0.39, 0.29) is 33.2 Å². The van der Waals surface area contributed by atoms with Crippen LogP contribution in [-0.4, -0.2) is 103 Å². The highest BCUT2D eigenvalue weighted by molar-refractivity contribution is 5.88. The van der Waals surface area contributed by atoms with E-state index in [4.69, 9.17) is 4.74 Å². The number of amides is 2. The molecule has 11 atom stereocenters. The summed E-state index contributed by atoms with van der Waals surface area (Å²) in [7, 11) is 4.30. The lowest BCUT2D eigenvalue weighted by Crippen LogP contribution is -2.69. The molecule has 55 heavy (non-hydrogen) atoms. The van der Waals surface area contributed by atoms with Crippen molar-refractivity contribution < 1.29 is 19.4 Å². The predicted octanol–water partition coefficient (Wildman–Crippen LogP) is 8.44. The Hall–Kier alpha value is -2.68. The van der Waals surface area contributed by atoms with E-state index in [1.165, 1.54) is 48.8 Å². The highest BCUT2D eigenvalue weighted by Gasteiger charge is 2.70. The van der Waals surface area contributed by atoms with E-state index < -0.39 is 5.97 Å². The van der Waals surface area contributed by atoms with Crippen LogP contribution in [0.25, 0.3) is 5.57 Å². The number of ether oxygens (including phenoxy) is 1. The molecule has 2 heterocycles. The van der Waals surface area contributed by atoms with Gasteiger partial charge in [0.1, 0.15) is 0 Å². The summed E-state index contributed by atoms with van der Waals surface area (Å²) in [6.07, 6.45) is 13.0. The van der Waals surface area contributed by atoms with Gasteiger partial charge < -0.3 is 25.0 Å². The predicted molar refractivity (Wildman–Crippen MR) is 220 cm³/mol. The van der Waals surface area contributed by atoms with Gasteiger partial charge in [-0.2, -0.15) is 0 Å². The Morgan fingerprint density at radius 2 is 1.58 bits per heavy atom. The summed E-state index contributed by atoms with van der Waals surface area (Å²) < 4.78 is 5.90. The molecule has 8 heteroatoms. The molecule has 1 aromatic carbocycles. The minimum atomic E-state index is -0.871. The Morgan fingerprint density at radius 3 is 2.24 bits per heavy atom. The van der Waals surface area contributed by atoms with E-state index in [2.05, 4.69) is 88.3 Å². The van der Waals surface area contributed by atoms with Gasteiger partial charge in [0, 0.05) is 31.7 Å². The van der Waals surface area contributed by atoms with Crippen molar-refractivity contribution in [1.29, 1.82) is 0 Å². The maximum Gasteiger partial charge on any atom is 0.335 e. The standard InChI is InChI=1S/C47H70N4O4/c1-30(2)33-16-21-47(48-42(54)51-26-24-50(25-27-51)37-29-55-28-36(37)49(8)9)23-22-45(6)35(40(33)47)14-15-39-44(5)19-17-34(31-10-12-32(13-11-31)41(52)53)43(3,4)38(44)18-20-46(39,45)7/h10-13,17,33,35-40H,1,14-16,18-29H2,2-9H3,(H,48,54)(H,52,53). The van der Waals surface area contributed by atoms with Gasteiger partial charge in [0.2, 0.25) is 0 Å². The number of benzene rings is 1. The van der Waals surface area contributed by atoms with Crippen molar-refractivity contribution >= 4 is 17.6 Å². The zero-order valence-electron chi connectivity index (χ0n) is 35.3. The molecule has 11 unspecified atom stereocenters. The summed E-state index contributed by atoms with van der Waals surface area (Å²) >= 11 is 0. The molecular formula is C47H70N4O4. The van der Waals surface area contributed by atoms with Crippen LogP contribution >= 0.6 is 0 Å². The molecule has 2 aliphatic heterocycles. The number of piperazine rings is 1. The van der Waals surface area contributed by atoms with Crippen molar-refractivity contribution in [2.24, 2.45) is 51.2 Å². The fourth-order valence-corrected chi connectivity index (χ4v) is 15.2. The normalized spacial score (nSPS) is 42.5. The molecule has 2 N–H and O–H groups in total. The number of carboxylic acid groups (broad SMARTS) is 1. The lowest BCUT2D eigenvalue weighted by molar-refractivity contribution is -0.218.